The van der Waals surface area contributed by atoms with Crippen LogP contribution < -0.4 is 0 Å². The summed E-state index contributed by atoms with van der Waals surface area (Å²) in [4.78, 5) is 15.9. The molecular formula is C6H5NO2S3. The highest BCUT2D eigenvalue weighted by molar-refractivity contribution is 8.27. The van der Waals surface area contributed by atoms with E-state index in [4.69, 9.17) is 24.4 Å². The van der Waals surface area contributed by atoms with E-state index in [0.29, 0.717) is 15.8 Å². The molecule has 0 aromatic carbocycles. The molecule has 1 rings (SSSR count). The predicted molar refractivity (Wildman–Crippen MR) is 55.5 cm³/mol. The normalized spacial score (nSPS) is 20.4. The fourth-order valence-corrected chi connectivity index (χ4v) is 2.27. The summed E-state index contributed by atoms with van der Waals surface area (Å²) < 4.78 is 0.445. The molecule has 12 heavy (non-hydrogen) atoms. The van der Waals surface area contributed by atoms with E-state index in [9.17, 15) is 4.79 Å². The Bertz CT molecular complexity index is 274. The van der Waals surface area contributed by atoms with Crippen molar-refractivity contribution in [2.24, 2.45) is 0 Å². The second kappa shape index (κ2) is 3.97. The van der Waals surface area contributed by atoms with Gasteiger partial charge in [-0.15, -0.1) is 5.06 Å². The first-order chi connectivity index (χ1) is 5.70. The van der Waals surface area contributed by atoms with Crippen molar-refractivity contribution in [3.05, 3.63) is 11.0 Å². The Morgan fingerprint density at radius 1 is 1.58 bits per heavy atom. The summed E-state index contributed by atoms with van der Waals surface area (Å²) in [5.74, 6) is 0. The van der Waals surface area contributed by atoms with E-state index in [1.165, 1.54) is 11.8 Å². The number of hydroxylamine groups is 2. The summed E-state index contributed by atoms with van der Waals surface area (Å²) >= 11 is 11.2. The van der Waals surface area contributed by atoms with Crippen molar-refractivity contribution in [2.45, 2.75) is 6.92 Å². The van der Waals surface area contributed by atoms with Crippen LogP contribution in [-0.4, -0.2) is 20.8 Å². The van der Waals surface area contributed by atoms with Crippen LogP contribution in [0.3, 0.4) is 0 Å². The number of hydrogen-bond donors (Lipinski definition) is 0. The molecule has 0 saturated carbocycles. The van der Waals surface area contributed by atoms with Gasteiger partial charge in [-0.1, -0.05) is 30.1 Å². The van der Waals surface area contributed by atoms with Crippen LogP contribution in [0.5, 0.6) is 0 Å². The maximum atomic E-state index is 10.0. The maximum Gasteiger partial charge on any atom is 0.321 e. The minimum absolute atomic E-state index is 0.303. The molecule has 3 nitrogen and oxygen atoms in total. The van der Waals surface area contributed by atoms with Gasteiger partial charge in [0.2, 0.25) is 0 Å². The van der Waals surface area contributed by atoms with E-state index in [0.717, 1.165) is 9.97 Å². The van der Waals surface area contributed by atoms with Gasteiger partial charge in [0, 0.05) is 4.91 Å². The summed E-state index contributed by atoms with van der Waals surface area (Å²) in [6.07, 6.45) is 1.83. The van der Waals surface area contributed by atoms with Gasteiger partial charge >= 0.3 is 6.47 Å². The van der Waals surface area contributed by atoms with Crippen LogP contribution in [0.15, 0.2) is 11.0 Å². The highest BCUT2D eigenvalue weighted by Gasteiger charge is 2.29. The van der Waals surface area contributed by atoms with Crippen molar-refractivity contribution < 1.29 is 9.63 Å². The molecule has 0 unspecified atom stereocenters. The van der Waals surface area contributed by atoms with E-state index >= 15 is 0 Å². The second-order valence-electron chi connectivity index (χ2n) is 1.82. The van der Waals surface area contributed by atoms with Gasteiger partial charge in [-0.25, -0.2) is 0 Å². The van der Waals surface area contributed by atoms with Crippen LogP contribution in [0.1, 0.15) is 6.92 Å². The Morgan fingerprint density at radius 3 is 2.67 bits per heavy atom. The molecule has 0 spiro atoms. The first-order valence-electron chi connectivity index (χ1n) is 3.03. The Morgan fingerprint density at radius 2 is 2.25 bits per heavy atom. The van der Waals surface area contributed by atoms with Gasteiger partial charge < -0.3 is 4.84 Å². The van der Waals surface area contributed by atoms with Gasteiger partial charge in [0.25, 0.3) is 0 Å². The number of carbonyl (C=O) groups excluding carboxylic acids is 1. The molecule has 0 radical (unpaired) electrons. The minimum Gasteiger partial charge on any atom is -0.337 e. The number of allylic oxidation sites excluding steroid dienone is 1. The van der Waals surface area contributed by atoms with E-state index < -0.39 is 0 Å². The van der Waals surface area contributed by atoms with Gasteiger partial charge in [-0.2, -0.15) is 0 Å². The lowest BCUT2D eigenvalue weighted by atomic mass is 10.5. The van der Waals surface area contributed by atoms with Gasteiger partial charge in [0.15, 0.2) is 9.31 Å². The summed E-state index contributed by atoms with van der Waals surface area (Å²) in [6.45, 7) is 2.15. The molecule has 0 aliphatic carbocycles. The number of rotatable bonds is 2. The lowest BCUT2D eigenvalue weighted by molar-refractivity contribution is -0.144. The molecule has 0 aromatic rings. The van der Waals surface area contributed by atoms with Crippen molar-refractivity contribution in [3.63, 3.8) is 0 Å². The molecule has 1 heterocycles. The summed E-state index contributed by atoms with van der Waals surface area (Å²) in [5, 5.41) is 1.16. The molecule has 1 aliphatic rings. The molecule has 0 bridgehead atoms. The molecule has 6 heteroatoms. The SMILES string of the molecule is C/C=C1/SC(=S)N(OC=O)C1=S. The largest absolute Gasteiger partial charge is 0.337 e. The number of thiocarbonyl (C=S) groups is 2. The highest BCUT2D eigenvalue weighted by Crippen LogP contribution is 2.31. The maximum absolute atomic E-state index is 10.0. The van der Waals surface area contributed by atoms with Gasteiger partial charge in [-0.3, -0.25) is 4.79 Å². The molecule has 1 aliphatic heterocycles. The summed E-state index contributed by atoms with van der Waals surface area (Å²) in [7, 11) is 0. The van der Waals surface area contributed by atoms with E-state index in [1.807, 2.05) is 13.0 Å². The summed E-state index contributed by atoms with van der Waals surface area (Å²) in [6, 6.07) is 0. The Hall–Kier alpha value is -0.460. The zero-order valence-electron chi connectivity index (χ0n) is 6.14. The van der Waals surface area contributed by atoms with Crippen LogP contribution in [0, 0.1) is 0 Å². The van der Waals surface area contributed by atoms with Gasteiger partial charge in [0.05, 0.1) is 0 Å². The third-order valence-electron chi connectivity index (χ3n) is 1.17. The second-order valence-corrected chi connectivity index (χ2v) is 3.88. The first kappa shape index (κ1) is 9.63. The lowest BCUT2D eigenvalue weighted by Gasteiger charge is -2.10. The average molecular weight is 219 g/mol. The Kier molecular flexibility index (Phi) is 3.19. The molecule has 0 aromatic heterocycles. The fraction of sp³-hybridized carbons (Fsp3) is 0.167. The van der Waals surface area contributed by atoms with Crippen molar-refractivity contribution in [3.8, 4) is 0 Å². The van der Waals surface area contributed by atoms with E-state index in [1.54, 1.807) is 0 Å². The fourth-order valence-electron chi connectivity index (χ4n) is 0.679. The molecule has 0 atom stereocenters. The third-order valence-corrected chi connectivity index (χ3v) is 3.09. The van der Waals surface area contributed by atoms with Crippen LogP contribution in [0.25, 0.3) is 0 Å². The predicted octanol–water partition coefficient (Wildman–Crippen LogP) is 1.64. The lowest BCUT2D eigenvalue weighted by Crippen LogP contribution is -2.26. The van der Waals surface area contributed by atoms with Crippen LogP contribution in [-0.2, 0) is 9.63 Å². The van der Waals surface area contributed by atoms with Gasteiger partial charge in [0.1, 0.15) is 0 Å². The van der Waals surface area contributed by atoms with E-state index in [2.05, 4.69) is 4.84 Å². The molecule has 64 valence electrons. The first-order valence-corrected chi connectivity index (χ1v) is 4.67. The molecule has 1 saturated heterocycles. The van der Waals surface area contributed by atoms with E-state index in [-0.39, 0.29) is 0 Å². The number of thioether (sulfide) groups is 1. The zero-order chi connectivity index (χ0) is 9.14. The van der Waals surface area contributed by atoms with Crippen molar-refractivity contribution >= 4 is 52.0 Å². The number of carbonyl (C=O) groups is 1. The van der Waals surface area contributed by atoms with Crippen LogP contribution in [0.4, 0.5) is 0 Å². The zero-order valence-corrected chi connectivity index (χ0v) is 8.59. The molecule has 1 fully saturated rings. The van der Waals surface area contributed by atoms with Crippen molar-refractivity contribution in [1.82, 2.24) is 5.06 Å². The smallest absolute Gasteiger partial charge is 0.321 e. The third kappa shape index (κ3) is 1.65. The van der Waals surface area contributed by atoms with Gasteiger partial charge in [-0.05, 0) is 19.1 Å². The van der Waals surface area contributed by atoms with Crippen molar-refractivity contribution in [2.75, 3.05) is 0 Å². The van der Waals surface area contributed by atoms with Crippen molar-refractivity contribution in [1.29, 1.82) is 0 Å². The minimum atomic E-state index is 0.303. The Labute approximate surface area is 84.7 Å². The monoisotopic (exact) mass is 219 g/mol. The number of hydrogen-bond acceptors (Lipinski definition) is 5. The van der Waals surface area contributed by atoms with Crippen LogP contribution in [0.2, 0.25) is 0 Å². The average Bonchev–Trinajstić information content (AvgIpc) is 2.32. The van der Waals surface area contributed by atoms with Crippen LogP contribution >= 0.6 is 36.2 Å². The highest BCUT2D eigenvalue weighted by atomic mass is 32.2. The molecule has 0 amide bonds. The Balaban J connectivity index is 2.84. The molecule has 0 N–H and O–H groups in total. The quantitative estimate of drug-likeness (QED) is 0.398. The number of nitrogens with zero attached hydrogens (tertiary/aromatic N) is 1. The topological polar surface area (TPSA) is 29.5 Å². The standard InChI is InChI=1S/C6H5NO2S3/c1-2-4-5(10)7(9-3-8)6(11)12-4/h2-3H,1H3/b4-2+. The molecular weight excluding hydrogens is 214 g/mol. The summed E-state index contributed by atoms with van der Waals surface area (Å²) in [5.41, 5.74) is 0.